The highest BCUT2D eigenvalue weighted by Gasteiger charge is 2.19. The van der Waals surface area contributed by atoms with Gasteiger partial charge in [0.05, 0.1) is 12.2 Å². The highest BCUT2D eigenvalue weighted by Crippen LogP contribution is 2.24. The topological polar surface area (TPSA) is 73.2 Å². The van der Waals surface area contributed by atoms with Gasteiger partial charge in [-0.3, -0.25) is 9.48 Å². The van der Waals surface area contributed by atoms with E-state index < -0.39 is 5.97 Å². The fourth-order valence-corrected chi connectivity index (χ4v) is 2.83. The van der Waals surface area contributed by atoms with Gasteiger partial charge in [-0.05, 0) is 45.2 Å². The molecular weight excluding hydrogens is 302 g/mol. The predicted octanol–water partition coefficient (Wildman–Crippen LogP) is 3.26. The number of esters is 1. The SMILES string of the molecule is CCOC(=O)c1ccsc1NC(=O)c1cc(C)n(C(C)C)n1. The van der Waals surface area contributed by atoms with E-state index in [0.717, 1.165) is 5.69 Å². The molecular formula is C15H19N3O3S. The molecule has 6 nitrogen and oxygen atoms in total. The molecule has 0 aliphatic carbocycles. The molecule has 0 atom stereocenters. The van der Waals surface area contributed by atoms with Crippen LogP contribution in [0.3, 0.4) is 0 Å². The summed E-state index contributed by atoms with van der Waals surface area (Å²) in [6, 6.07) is 3.54. The molecule has 0 radical (unpaired) electrons. The lowest BCUT2D eigenvalue weighted by Crippen LogP contribution is -2.15. The van der Waals surface area contributed by atoms with Gasteiger partial charge in [0.1, 0.15) is 5.00 Å². The van der Waals surface area contributed by atoms with E-state index in [1.54, 1.807) is 29.1 Å². The minimum atomic E-state index is -0.442. The number of carbonyl (C=O) groups excluding carboxylic acids is 2. The second kappa shape index (κ2) is 6.74. The van der Waals surface area contributed by atoms with Crippen molar-refractivity contribution >= 4 is 28.2 Å². The number of hydrogen-bond donors (Lipinski definition) is 1. The average molecular weight is 321 g/mol. The smallest absolute Gasteiger partial charge is 0.341 e. The first-order valence-electron chi connectivity index (χ1n) is 7.06. The molecule has 0 aromatic carbocycles. The Bertz CT molecular complexity index is 688. The van der Waals surface area contributed by atoms with E-state index in [1.807, 2.05) is 20.8 Å². The Labute approximate surface area is 133 Å². The lowest BCUT2D eigenvalue weighted by Gasteiger charge is -2.07. The van der Waals surface area contributed by atoms with Crippen LogP contribution in [0.25, 0.3) is 0 Å². The molecule has 22 heavy (non-hydrogen) atoms. The van der Waals surface area contributed by atoms with Gasteiger partial charge >= 0.3 is 5.97 Å². The average Bonchev–Trinajstić information content (AvgIpc) is 3.05. The highest BCUT2D eigenvalue weighted by atomic mass is 32.1. The van der Waals surface area contributed by atoms with Crippen LogP contribution in [-0.4, -0.2) is 28.3 Å². The molecule has 118 valence electrons. The van der Waals surface area contributed by atoms with Crippen molar-refractivity contribution in [3.8, 4) is 0 Å². The van der Waals surface area contributed by atoms with Crippen LogP contribution < -0.4 is 5.32 Å². The lowest BCUT2D eigenvalue weighted by molar-refractivity contribution is 0.0528. The summed E-state index contributed by atoms with van der Waals surface area (Å²) in [7, 11) is 0. The molecule has 2 aromatic rings. The van der Waals surface area contributed by atoms with Gasteiger partial charge in [0.15, 0.2) is 5.69 Å². The number of amides is 1. The van der Waals surface area contributed by atoms with E-state index in [2.05, 4.69) is 10.4 Å². The third kappa shape index (κ3) is 3.36. The van der Waals surface area contributed by atoms with Gasteiger partial charge in [0, 0.05) is 11.7 Å². The van der Waals surface area contributed by atoms with E-state index in [0.29, 0.717) is 22.9 Å². The van der Waals surface area contributed by atoms with Gasteiger partial charge in [0.2, 0.25) is 0 Å². The molecule has 7 heteroatoms. The van der Waals surface area contributed by atoms with Crippen LogP contribution in [0.5, 0.6) is 0 Å². The molecule has 0 saturated carbocycles. The largest absolute Gasteiger partial charge is 0.462 e. The minimum Gasteiger partial charge on any atom is -0.462 e. The maximum Gasteiger partial charge on any atom is 0.341 e. The first-order chi connectivity index (χ1) is 10.4. The summed E-state index contributed by atoms with van der Waals surface area (Å²) < 4.78 is 6.75. The van der Waals surface area contributed by atoms with Crippen LogP contribution in [0.15, 0.2) is 17.5 Å². The molecule has 0 aliphatic heterocycles. The van der Waals surface area contributed by atoms with Gasteiger partial charge in [0.25, 0.3) is 5.91 Å². The van der Waals surface area contributed by atoms with Crippen molar-refractivity contribution in [2.75, 3.05) is 11.9 Å². The summed E-state index contributed by atoms with van der Waals surface area (Å²) in [4.78, 5) is 24.1. The van der Waals surface area contributed by atoms with E-state index >= 15 is 0 Å². The minimum absolute atomic E-state index is 0.179. The first kappa shape index (κ1) is 16.2. The fraction of sp³-hybridized carbons (Fsp3) is 0.400. The number of nitrogens with zero attached hydrogens (tertiary/aromatic N) is 2. The van der Waals surface area contributed by atoms with Crippen molar-refractivity contribution in [3.05, 3.63) is 34.5 Å². The zero-order chi connectivity index (χ0) is 16.3. The van der Waals surface area contributed by atoms with Crippen molar-refractivity contribution in [1.29, 1.82) is 0 Å². The molecule has 2 aromatic heterocycles. The van der Waals surface area contributed by atoms with E-state index in [9.17, 15) is 9.59 Å². The summed E-state index contributed by atoms with van der Waals surface area (Å²) in [6.07, 6.45) is 0. The lowest BCUT2D eigenvalue weighted by atomic mass is 10.3. The second-order valence-corrected chi connectivity index (χ2v) is 5.96. The monoisotopic (exact) mass is 321 g/mol. The molecule has 2 rings (SSSR count). The van der Waals surface area contributed by atoms with Crippen molar-refractivity contribution in [2.45, 2.75) is 33.7 Å². The third-order valence-corrected chi connectivity index (χ3v) is 3.86. The number of hydrogen-bond acceptors (Lipinski definition) is 5. The van der Waals surface area contributed by atoms with Crippen LogP contribution in [-0.2, 0) is 4.74 Å². The molecule has 0 spiro atoms. The normalized spacial score (nSPS) is 10.8. The Kier molecular flexibility index (Phi) is 4.97. The maximum atomic E-state index is 12.3. The molecule has 2 heterocycles. The molecule has 1 amide bonds. The quantitative estimate of drug-likeness (QED) is 0.858. The Balaban J connectivity index is 2.18. The Hall–Kier alpha value is -2.15. The fourth-order valence-electron chi connectivity index (χ4n) is 2.06. The Morgan fingerprint density at radius 3 is 2.77 bits per heavy atom. The van der Waals surface area contributed by atoms with Crippen molar-refractivity contribution in [2.24, 2.45) is 0 Å². The number of carbonyl (C=O) groups is 2. The third-order valence-electron chi connectivity index (χ3n) is 3.03. The van der Waals surface area contributed by atoms with Gasteiger partial charge in [-0.2, -0.15) is 5.10 Å². The first-order valence-corrected chi connectivity index (χ1v) is 7.94. The number of rotatable bonds is 5. The van der Waals surface area contributed by atoms with Crippen LogP contribution in [0.1, 0.15) is 53.4 Å². The molecule has 0 aliphatic rings. The number of nitrogens with one attached hydrogen (secondary N) is 1. The van der Waals surface area contributed by atoms with Crippen molar-refractivity contribution < 1.29 is 14.3 Å². The van der Waals surface area contributed by atoms with E-state index in [1.165, 1.54) is 11.3 Å². The van der Waals surface area contributed by atoms with Crippen LogP contribution >= 0.6 is 11.3 Å². The van der Waals surface area contributed by atoms with E-state index in [-0.39, 0.29) is 11.9 Å². The molecule has 0 saturated heterocycles. The van der Waals surface area contributed by atoms with Gasteiger partial charge in [-0.25, -0.2) is 4.79 Å². The Morgan fingerprint density at radius 1 is 1.45 bits per heavy atom. The number of anilines is 1. The van der Waals surface area contributed by atoms with Crippen molar-refractivity contribution in [1.82, 2.24) is 9.78 Å². The van der Waals surface area contributed by atoms with Gasteiger partial charge in [-0.1, -0.05) is 0 Å². The standard InChI is InChI=1S/C15H19N3O3S/c1-5-21-15(20)11-6-7-22-14(11)16-13(19)12-8-10(4)18(17-12)9(2)3/h6-9H,5H2,1-4H3,(H,16,19). The summed E-state index contributed by atoms with van der Waals surface area (Å²) in [5, 5.41) is 9.23. The van der Waals surface area contributed by atoms with Crippen molar-refractivity contribution in [3.63, 3.8) is 0 Å². The summed E-state index contributed by atoms with van der Waals surface area (Å²) in [5.41, 5.74) is 1.60. The predicted molar refractivity (Wildman–Crippen MR) is 85.6 cm³/mol. The zero-order valence-corrected chi connectivity index (χ0v) is 13.9. The second-order valence-electron chi connectivity index (χ2n) is 5.05. The van der Waals surface area contributed by atoms with Gasteiger partial charge < -0.3 is 10.1 Å². The number of thiophene rings is 1. The molecule has 0 fully saturated rings. The summed E-state index contributed by atoms with van der Waals surface area (Å²) in [5.74, 6) is -0.779. The molecule has 0 unspecified atom stereocenters. The zero-order valence-electron chi connectivity index (χ0n) is 13.0. The molecule has 1 N–H and O–H groups in total. The van der Waals surface area contributed by atoms with E-state index in [4.69, 9.17) is 4.74 Å². The van der Waals surface area contributed by atoms with Crippen LogP contribution in [0, 0.1) is 6.92 Å². The van der Waals surface area contributed by atoms with Crippen LogP contribution in [0.4, 0.5) is 5.00 Å². The number of aryl methyl sites for hydroxylation is 1. The Morgan fingerprint density at radius 2 is 2.18 bits per heavy atom. The summed E-state index contributed by atoms with van der Waals surface area (Å²) in [6.45, 7) is 7.93. The molecule has 0 bridgehead atoms. The highest BCUT2D eigenvalue weighted by molar-refractivity contribution is 7.14. The summed E-state index contributed by atoms with van der Waals surface area (Å²) >= 11 is 1.28. The van der Waals surface area contributed by atoms with Crippen LogP contribution in [0.2, 0.25) is 0 Å². The number of ether oxygens (including phenoxy) is 1. The van der Waals surface area contributed by atoms with Gasteiger partial charge in [-0.15, -0.1) is 11.3 Å². The number of aromatic nitrogens is 2. The maximum absolute atomic E-state index is 12.3.